The van der Waals surface area contributed by atoms with Crippen molar-refractivity contribution in [3.05, 3.63) is 80.2 Å². The Morgan fingerprint density at radius 3 is 2.74 bits per heavy atom. The molecule has 2 atom stereocenters. The van der Waals surface area contributed by atoms with E-state index in [1.165, 1.54) is 23.1 Å². The first-order chi connectivity index (χ1) is 15.0. The number of nitrogens with zero attached hydrogens (tertiary/aromatic N) is 1. The lowest BCUT2D eigenvalue weighted by molar-refractivity contribution is 0.414. The third kappa shape index (κ3) is 3.63. The lowest BCUT2D eigenvalue weighted by atomic mass is 9.95. The first kappa shape index (κ1) is 20.2. The van der Waals surface area contributed by atoms with Crippen LogP contribution >= 0.6 is 11.6 Å². The number of methoxy groups -OCH3 is 1. The molecule has 1 aliphatic heterocycles. The van der Waals surface area contributed by atoms with Gasteiger partial charge in [-0.25, -0.2) is 0 Å². The van der Waals surface area contributed by atoms with Crippen LogP contribution in [0.25, 0.3) is 10.9 Å². The Labute approximate surface area is 187 Å². The van der Waals surface area contributed by atoms with Crippen LogP contribution in [0.15, 0.2) is 53.0 Å². The molecule has 0 saturated heterocycles. The molecule has 0 bridgehead atoms. The van der Waals surface area contributed by atoms with Crippen LogP contribution in [-0.2, 0) is 13.0 Å². The maximum absolute atomic E-state index is 13.0. The number of pyridine rings is 1. The largest absolute Gasteiger partial charge is 0.497 e. The van der Waals surface area contributed by atoms with Crippen LogP contribution in [0.1, 0.15) is 49.3 Å². The molecule has 2 unspecified atom stereocenters. The molecule has 2 aliphatic rings. The number of hydrogen-bond acceptors (Lipinski definition) is 3. The molecule has 1 fully saturated rings. The number of ether oxygens (including phenoxy) is 1. The molecule has 1 aliphatic carbocycles. The van der Waals surface area contributed by atoms with E-state index in [1.54, 1.807) is 7.11 Å². The second-order valence-corrected chi connectivity index (χ2v) is 9.24. The Morgan fingerprint density at radius 1 is 1.23 bits per heavy atom. The number of nitrogens with one attached hydrogen (secondary N) is 1. The van der Waals surface area contributed by atoms with Gasteiger partial charge in [-0.05, 0) is 71.7 Å². The van der Waals surface area contributed by atoms with E-state index in [9.17, 15) is 4.79 Å². The molecule has 0 radical (unpaired) electrons. The molecule has 5 rings (SSSR count). The van der Waals surface area contributed by atoms with Gasteiger partial charge in [0.15, 0.2) is 0 Å². The number of aromatic nitrogens is 1. The number of hydrogen-bond donors (Lipinski definition) is 1. The van der Waals surface area contributed by atoms with Crippen LogP contribution in [0.5, 0.6) is 5.75 Å². The highest BCUT2D eigenvalue weighted by molar-refractivity contribution is 6.31. The van der Waals surface area contributed by atoms with Crippen molar-refractivity contribution in [2.45, 2.75) is 45.6 Å². The van der Waals surface area contributed by atoms with Crippen molar-refractivity contribution in [3.8, 4) is 5.75 Å². The van der Waals surface area contributed by atoms with Gasteiger partial charge in [0.2, 0.25) is 0 Å². The lowest BCUT2D eigenvalue weighted by Gasteiger charge is -2.31. The van der Waals surface area contributed by atoms with Gasteiger partial charge in [-0.3, -0.25) is 4.79 Å². The molecule has 1 N–H and O–H groups in total. The third-order valence-electron chi connectivity index (χ3n) is 6.73. The fourth-order valence-electron chi connectivity index (χ4n) is 4.81. The van der Waals surface area contributed by atoms with Gasteiger partial charge in [0, 0.05) is 35.1 Å². The second-order valence-electron chi connectivity index (χ2n) is 8.80. The molecule has 4 nitrogen and oxygen atoms in total. The van der Waals surface area contributed by atoms with Crippen molar-refractivity contribution in [1.29, 1.82) is 0 Å². The molecule has 0 spiro atoms. The van der Waals surface area contributed by atoms with Crippen molar-refractivity contribution >= 4 is 28.2 Å². The minimum absolute atomic E-state index is 0.0142. The average molecular weight is 435 g/mol. The number of allylic oxidation sites excluding steroid dienone is 1. The smallest absolute Gasteiger partial charge is 0.254 e. The minimum atomic E-state index is -0.0142. The quantitative estimate of drug-likeness (QED) is 0.522. The highest BCUT2D eigenvalue weighted by Crippen LogP contribution is 2.49. The highest BCUT2D eigenvalue weighted by Gasteiger charge is 2.36. The SMILES string of the molecule is CCC1=CN(Cc2ccc(OC)cc2C2CC2C)c2c(c(=O)[nH]c3ccc(Cl)cc23)C1. The maximum atomic E-state index is 13.0. The molecule has 3 aromatic rings. The normalized spacial score (nSPS) is 19.9. The second kappa shape index (κ2) is 7.76. The summed E-state index contributed by atoms with van der Waals surface area (Å²) in [5.41, 5.74) is 6.50. The molecule has 1 saturated carbocycles. The zero-order chi connectivity index (χ0) is 21.7. The van der Waals surface area contributed by atoms with Crippen molar-refractivity contribution in [1.82, 2.24) is 4.98 Å². The monoisotopic (exact) mass is 434 g/mol. The topological polar surface area (TPSA) is 45.3 Å². The molecule has 0 amide bonds. The number of fused-ring (bicyclic) bond motifs is 3. The van der Waals surface area contributed by atoms with Gasteiger partial charge >= 0.3 is 0 Å². The van der Waals surface area contributed by atoms with Gasteiger partial charge in [-0.15, -0.1) is 0 Å². The van der Waals surface area contributed by atoms with E-state index in [4.69, 9.17) is 16.3 Å². The standard InChI is InChI=1S/C26H27ClN2O2/c1-4-16-10-23-25(22-11-18(27)6-8-24(22)28-26(23)30)29(13-16)14-17-5-7-19(31-3)12-21(17)20-9-15(20)2/h5-8,11-13,15,20H,4,9-10,14H2,1-3H3,(H,28,30). The number of halogens is 1. The van der Waals surface area contributed by atoms with E-state index in [0.717, 1.165) is 34.3 Å². The third-order valence-corrected chi connectivity index (χ3v) is 6.97. The average Bonchev–Trinajstić information content (AvgIpc) is 3.50. The van der Waals surface area contributed by atoms with Crippen molar-refractivity contribution in [2.75, 3.05) is 12.0 Å². The Bertz CT molecular complexity index is 1260. The molecule has 5 heteroatoms. The number of benzene rings is 2. The van der Waals surface area contributed by atoms with Crippen LogP contribution in [0.3, 0.4) is 0 Å². The summed E-state index contributed by atoms with van der Waals surface area (Å²) in [5.74, 6) is 2.17. The predicted octanol–water partition coefficient (Wildman–Crippen LogP) is 6.17. The molecular weight excluding hydrogens is 408 g/mol. The van der Waals surface area contributed by atoms with E-state index in [1.807, 2.05) is 24.3 Å². The molecular formula is C26H27ClN2O2. The van der Waals surface area contributed by atoms with E-state index < -0.39 is 0 Å². The van der Waals surface area contributed by atoms with Gasteiger partial charge in [0.05, 0.1) is 18.3 Å². The Morgan fingerprint density at radius 2 is 2.03 bits per heavy atom. The van der Waals surface area contributed by atoms with Gasteiger partial charge < -0.3 is 14.6 Å². The Balaban J connectivity index is 1.66. The summed E-state index contributed by atoms with van der Waals surface area (Å²) in [5, 5.41) is 1.66. The van der Waals surface area contributed by atoms with E-state index >= 15 is 0 Å². The zero-order valence-corrected chi connectivity index (χ0v) is 18.9. The van der Waals surface area contributed by atoms with E-state index in [2.05, 4.69) is 42.1 Å². The fourth-order valence-corrected chi connectivity index (χ4v) is 4.98. The summed E-state index contributed by atoms with van der Waals surface area (Å²) in [7, 11) is 1.72. The van der Waals surface area contributed by atoms with Crippen LogP contribution < -0.4 is 15.2 Å². The minimum Gasteiger partial charge on any atom is -0.497 e. The number of H-pyrrole nitrogens is 1. The molecule has 31 heavy (non-hydrogen) atoms. The molecule has 2 aromatic carbocycles. The highest BCUT2D eigenvalue weighted by atomic mass is 35.5. The van der Waals surface area contributed by atoms with Gasteiger partial charge in [0.25, 0.3) is 5.56 Å². The lowest BCUT2D eigenvalue weighted by Crippen LogP contribution is -2.28. The molecule has 1 aromatic heterocycles. The van der Waals surface area contributed by atoms with Crippen LogP contribution in [-0.4, -0.2) is 12.1 Å². The summed E-state index contributed by atoms with van der Waals surface area (Å²) < 4.78 is 5.50. The van der Waals surface area contributed by atoms with Crippen molar-refractivity contribution < 1.29 is 4.74 Å². The fraction of sp³-hybridized carbons (Fsp3) is 0.346. The van der Waals surface area contributed by atoms with Crippen molar-refractivity contribution in [2.24, 2.45) is 5.92 Å². The van der Waals surface area contributed by atoms with Crippen molar-refractivity contribution in [3.63, 3.8) is 0 Å². The first-order valence-electron chi connectivity index (χ1n) is 11.0. The van der Waals surface area contributed by atoms with Gasteiger partial charge in [0.1, 0.15) is 5.75 Å². The Kier molecular flexibility index (Phi) is 5.05. The summed E-state index contributed by atoms with van der Waals surface area (Å²) in [4.78, 5) is 18.3. The van der Waals surface area contributed by atoms with Gasteiger partial charge in [-0.1, -0.05) is 31.5 Å². The Hall–Kier alpha value is -2.72. The van der Waals surface area contributed by atoms with E-state index in [-0.39, 0.29) is 5.56 Å². The zero-order valence-electron chi connectivity index (χ0n) is 18.2. The summed E-state index contributed by atoms with van der Waals surface area (Å²) in [6.07, 6.45) is 5.03. The predicted molar refractivity (Wildman–Crippen MR) is 127 cm³/mol. The van der Waals surface area contributed by atoms with Crippen LogP contribution in [0.4, 0.5) is 5.69 Å². The summed E-state index contributed by atoms with van der Waals surface area (Å²) in [6, 6.07) is 12.1. The summed E-state index contributed by atoms with van der Waals surface area (Å²) >= 11 is 6.35. The maximum Gasteiger partial charge on any atom is 0.254 e. The number of anilines is 1. The number of rotatable bonds is 5. The molecule has 2 heterocycles. The summed E-state index contributed by atoms with van der Waals surface area (Å²) in [6.45, 7) is 5.16. The van der Waals surface area contributed by atoms with Crippen LogP contribution in [0.2, 0.25) is 5.02 Å². The van der Waals surface area contributed by atoms with Gasteiger partial charge in [-0.2, -0.15) is 0 Å². The van der Waals surface area contributed by atoms with Crippen LogP contribution in [0, 0.1) is 5.92 Å². The molecule has 160 valence electrons. The first-order valence-corrected chi connectivity index (χ1v) is 11.3. The van der Waals surface area contributed by atoms with E-state index in [0.29, 0.717) is 29.8 Å². The number of aromatic amines is 1.